The molecule has 0 fully saturated rings. The molecule has 2 aromatic rings. The SMILES string of the molecule is CC(C)[C@@H](C(=O)NC(=O)[C@H](CCC(=O)O)NC(=O)[C@@H](N)CC(=O)O)N(C(=O)c1ccccc1-c1c2ccc(=O)cc-2oc2cc(O)ccc12)[C@@H](CC(=O)O)C(=O)CF. The second-order valence-electron chi connectivity index (χ2n) is 13.5. The van der Waals surface area contributed by atoms with Gasteiger partial charge in [-0.05, 0) is 48.2 Å². The number of ketones is 1. The number of nitrogens with two attached hydrogens (primary N) is 1. The number of nitrogens with one attached hydrogen (secondary N) is 2. The number of Topliss-reactive ketones (excluding diaryl/α,β-unsaturated/α-hetero) is 1. The molecule has 0 bridgehead atoms. The maximum absolute atomic E-state index is 15.0. The fraction of sp³-hybridized carbons (Fsp3) is 0.308. The van der Waals surface area contributed by atoms with Crippen LogP contribution < -0.4 is 21.8 Å². The Labute approximate surface area is 327 Å². The van der Waals surface area contributed by atoms with Gasteiger partial charge in [-0.1, -0.05) is 32.0 Å². The summed E-state index contributed by atoms with van der Waals surface area (Å²) in [6.45, 7) is 0.977. The summed E-state index contributed by atoms with van der Waals surface area (Å²) in [6, 6.07) is 6.03. The number of fused-ring (bicyclic) bond motifs is 2. The maximum Gasteiger partial charge on any atom is 0.305 e. The Morgan fingerprint density at radius 1 is 0.828 bits per heavy atom. The third-order valence-corrected chi connectivity index (χ3v) is 9.00. The average Bonchev–Trinajstić information content (AvgIpc) is 3.15. The number of alkyl halides is 1. The number of aliphatic carboxylic acids is 3. The molecule has 1 aliphatic carbocycles. The van der Waals surface area contributed by atoms with E-state index >= 15 is 4.79 Å². The van der Waals surface area contributed by atoms with Gasteiger partial charge in [0.1, 0.15) is 41.9 Å². The van der Waals surface area contributed by atoms with Gasteiger partial charge in [-0.2, -0.15) is 0 Å². The highest BCUT2D eigenvalue weighted by Gasteiger charge is 2.43. The van der Waals surface area contributed by atoms with E-state index in [2.05, 4.69) is 5.32 Å². The highest BCUT2D eigenvalue weighted by Crippen LogP contribution is 2.42. The Morgan fingerprint density at radius 3 is 2.12 bits per heavy atom. The van der Waals surface area contributed by atoms with Gasteiger partial charge >= 0.3 is 17.9 Å². The van der Waals surface area contributed by atoms with Crippen LogP contribution in [0.25, 0.3) is 33.4 Å². The van der Waals surface area contributed by atoms with E-state index in [-0.39, 0.29) is 33.8 Å². The van der Waals surface area contributed by atoms with Crippen LogP contribution >= 0.6 is 0 Å². The van der Waals surface area contributed by atoms with Crippen LogP contribution in [0, 0.1) is 5.92 Å². The smallest absolute Gasteiger partial charge is 0.305 e. The van der Waals surface area contributed by atoms with Crippen molar-refractivity contribution in [2.24, 2.45) is 11.7 Å². The van der Waals surface area contributed by atoms with Crippen molar-refractivity contribution in [1.82, 2.24) is 15.5 Å². The number of carboxylic acids is 3. The lowest BCUT2D eigenvalue weighted by atomic mass is 9.89. The third kappa shape index (κ3) is 10.2. The molecule has 58 heavy (non-hydrogen) atoms. The first-order valence-corrected chi connectivity index (χ1v) is 17.6. The molecule has 1 heterocycles. The first kappa shape index (κ1) is 43.7. The predicted octanol–water partition coefficient (Wildman–Crippen LogP) is 1.91. The number of hydrogen-bond acceptors (Lipinski definition) is 12. The molecule has 2 aromatic carbocycles. The topological polar surface area (TPSA) is 301 Å². The summed E-state index contributed by atoms with van der Waals surface area (Å²) in [7, 11) is 0. The molecular formula is C39H39FN4O14. The number of imide groups is 1. The lowest BCUT2D eigenvalue weighted by Crippen LogP contribution is -2.61. The zero-order chi connectivity index (χ0) is 43.0. The molecule has 4 atom stereocenters. The summed E-state index contributed by atoms with van der Waals surface area (Å²) in [5.74, 6) is -12.2. The molecule has 19 heteroatoms. The maximum atomic E-state index is 15.0. The van der Waals surface area contributed by atoms with Crippen molar-refractivity contribution in [3.63, 3.8) is 0 Å². The van der Waals surface area contributed by atoms with Gasteiger partial charge in [0.15, 0.2) is 11.2 Å². The van der Waals surface area contributed by atoms with Crippen molar-refractivity contribution >= 4 is 58.3 Å². The van der Waals surface area contributed by atoms with Crippen molar-refractivity contribution in [3.05, 3.63) is 76.5 Å². The first-order chi connectivity index (χ1) is 27.3. The second kappa shape index (κ2) is 18.7. The molecule has 4 amide bonds. The van der Waals surface area contributed by atoms with Crippen LogP contribution in [0.3, 0.4) is 0 Å². The summed E-state index contributed by atoms with van der Waals surface area (Å²) < 4.78 is 20.1. The molecule has 0 spiro atoms. The molecule has 0 saturated carbocycles. The molecule has 0 aromatic heterocycles. The Balaban J connectivity index is 1.89. The lowest BCUT2D eigenvalue weighted by molar-refractivity contribution is -0.144. The number of nitrogens with zero attached hydrogens (tertiary/aromatic N) is 1. The highest BCUT2D eigenvalue weighted by atomic mass is 19.1. The number of carbonyl (C=O) groups excluding carboxylic acids is 5. The van der Waals surface area contributed by atoms with Gasteiger partial charge in [-0.25, -0.2) is 4.39 Å². The Morgan fingerprint density at radius 2 is 1.50 bits per heavy atom. The molecule has 0 saturated heterocycles. The quantitative estimate of drug-likeness (QED) is 0.0707. The molecule has 0 radical (unpaired) electrons. The van der Waals surface area contributed by atoms with E-state index in [4.69, 9.17) is 15.3 Å². The van der Waals surface area contributed by atoms with Gasteiger partial charge in [0.2, 0.25) is 17.7 Å². The van der Waals surface area contributed by atoms with E-state index in [1.807, 2.05) is 5.32 Å². The third-order valence-electron chi connectivity index (χ3n) is 9.00. The van der Waals surface area contributed by atoms with Gasteiger partial charge < -0.3 is 40.8 Å². The highest BCUT2D eigenvalue weighted by molar-refractivity contribution is 6.12. The number of carbonyl (C=O) groups is 8. The van der Waals surface area contributed by atoms with Gasteiger partial charge in [0, 0.05) is 40.6 Å². The Hall–Kier alpha value is -7.02. The van der Waals surface area contributed by atoms with Gasteiger partial charge in [-0.3, -0.25) is 48.5 Å². The predicted molar refractivity (Wildman–Crippen MR) is 200 cm³/mol. The Bertz CT molecular complexity index is 2310. The molecule has 8 N–H and O–H groups in total. The van der Waals surface area contributed by atoms with Crippen molar-refractivity contribution in [2.45, 2.75) is 63.7 Å². The molecular weight excluding hydrogens is 767 g/mol. The summed E-state index contributed by atoms with van der Waals surface area (Å²) in [6.07, 6.45) is -3.42. The fourth-order valence-corrected chi connectivity index (χ4v) is 6.39. The number of phenols is 1. The summed E-state index contributed by atoms with van der Waals surface area (Å²) in [4.78, 5) is 116. The molecule has 4 rings (SSSR count). The van der Waals surface area contributed by atoms with Crippen LogP contribution in [0.15, 0.2) is 69.9 Å². The second-order valence-corrected chi connectivity index (χ2v) is 13.5. The van der Waals surface area contributed by atoms with E-state index in [0.717, 1.165) is 0 Å². The van der Waals surface area contributed by atoms with E-state index in [9.17, 15) is 58.1 Å². The van der Waals surface area contributed by atoms with Crippen LogP contribution in [-0.4, -0.2) is 103 Å². The largest absolute Gasteiger partial charge is 0.508 e. The monoisotopic (exact) mass is 806 g/mol. The lowest BCUT2D eigenvalue weighted by Gasteiger charge is -2.38. The van der Waals surface area contributed by atoms with Crippen molar-refractivity contribution in [1.29, 1.82) is 0 Å². The number of aromatic hydroxyl groups is 1. The number of phenolic OH excluding ortho intramolecular Hbond substituents is 1. The van der Waals surface area contributed by atoms with Crippen molar-refractivity contribution in [2.75, 3.05) is 6.67 Å². The number of hydrogen-bond donors (Lipinski definition) is 7. The zero-order valence-electron chi connectivity index (χ0n) is 31.0. The molecule has 1 aliphatic heterocycles. The van der Waals surface area contributed by atoms with Crippen LogP contribution in [0.2, 0.25) is 0 Å². The van der Waals surface area contributed by atoms with Crippen molar-refractivity contribution in [3.8, 4) is 28.2 Å². The average molecular weight is 807 g/mol. The number of amides is 4. The summed E-state index contributed by atoms with van der Waals surface area (Å²) in [5.41, 5.74) is 5.64. The number of benzene rings is 3. The van der Waals surface area contributed by atoms with Gasteiger partial charge in [0.05, 0.1) is 18.9 Å². The number of halogens is 1. The number of rotatable bonds is 18. The van der Waals surface area contributed by atoms with E-state index in [0.29, 0.717) is 15.8 Å². The zero-order valence-corrected chi connectivity index (χ0v) is 31.0. The normalized spacial score (nSPS) is 13.3. The van der Waals surface area contributed by atoms with E-state index in [1.165, 1.54) is 74.5 Å². The van der Waals surface area contributed by atoms with Gasteiger partial charge in [0.25, 0.3) is 5.91 Å². The minimum absolute atomic E-state index is 0.0440. The molecule has 0 unspecified atom stereocenters. The standard InChI is InChI=1S/C39H39FN4O14/c1-18(2)35(38(56)43-37(55)26(11-12-31(48)49)42-36(54)25(41)15-32(50)51)44(27(16-33(52)53)28(47)17-40)39(57)22-6-4-3-5-21(22)34-23-9-7-19(45)13-29(23)58-30-14-20(46)8-10-24(30)34/h3-10,13-14,18,25-27,35,45H,11-12,15-17,41H2,1-2H3,(H,42,54)(H,48,49)(H,50,51)(H,52,53)(H,43,55,56)/t25-,26-,27-,35-/m0/s1. The van der Waals surface area contributed by atoms with Crippen LogP contribution in [0.1, 0.15) is 49.9 Å². The summed E-state index contributed by atoms with van der Waals surface area (Å²) >= 11 is 0. The van der Waals surface area contributed by atoms with Crippen LogP contribution in [-0.2, 0) is 33.6 Å². The minimum Gasteiger partial charge on any atom is -0.508 e. The summed E-state index contributed by atoms with van der Waals surface area (Å²) in [5, 5.41) is 42.7. The van der Waals surface area contributed by atoms with Crippen LogP contribution in [0.4, 0.5) is 4.39 Å². The van der Waals surface area contributed by atoms with E-state index in [1.54, 1.807) is 0 Å². The van der Waals surface area contributed by atoms with Gasteiger partial charge in [-0.15, -0.1) is 0 Å². The first-order valence-electron chi connectivity index (χ1n) is 17.6. The van der Waals surface area contributed by atoms with Crippen LogP contribution in [0.5, 0.6) is 5.75 Å². The van der Waals surface area contributed by atoms with E-state index < -0.39 is 115 Å². The fourth-order valence-electron chi connectivity index (χ4n) is 6.39. The number of carboxylic acid groups (broad SMARTS) is 3. The van der Waals surface area contributed by atoms with Crippen molar-refractivity contribution < 1.29 is 67.6 Å². The molecule has 18 nitrogen and oxygen atoms in total. The molecule has 2 aliphatic rings. The molecule has 306 valence electrons. The Kier molecular flexibility index (Phi) is 14.1. The minimum atomic E-state index is -2.15.